The molecule has 9 nitrogen and oxygen atoms in total. The molecule has 2 N–H and O–H groups in total. The van der Waals surface area contributed by atoms with Gasteiger partial charge in [-0.15, -0.1) is 0 Å². The van der Waals surface area contributed by atoms with Gasteiger partial charge < -0.3 is 10.6 Å². The maximum absolute atomic E-state index is 13.8. The van der Waals surface area contributed by atoms with Crippen LogP contribution in [0.25, 0.3) is 23.0 Å². The van der Waals surface area contributed by atoms with E-state index < -0.39 is 50.9 Å². The Labute approximate surface area is 300 Å². The minimum Gasteiger partial charge on any atom is -0.322 e. The van der Waals surface area contributed by atoms with Gasteiger partial charge in [0.2, 0.25) is 10.0 Å². The van der Waals surface area contributed by atoms with Crippen molar-refractivity contribution >= 4 is 39.3 Å². The zero-order valence-corrected chi connectivity index (χ0v) is 28.9. The van der Waals surface area contributed by atoms with Crippen molar-refractivity contribution in [3.8, 4) is 16.9 Å². The second kappa shape index (κ2) is 15.5. The Bertz CT molecular complexity index is 2190. The fraction of sp³-hybridized carbons (Fsp3) is 0.162. The maximum atomic E-state index is 13.8. The molecule has 16 heteroatoms. The van der Waals surface area contributed by atoms with E-state index in [1.807, 2.05) is 0 Å². The van der Waals surface area contributed by atoms with Gasteiger partial charge in [-0.25, -0.2) is 13.1 Å². The number of para-hydroxylation sites is 1. The Morgan fingerprint density at radius 2 is 1.26 bits per heavy atom. The number of hydrogen-bond donors (Lipinski definition) is 2. The van der Waals surface area contributed by atoms with Crippen LogP contribution in [-0.2, 0) is 32.0 Å². The summed E-state index contributed by atoms with van der Waals surface area (Å²) in [4.78, 5) is 27.5. The van der Waals surface area contributed by atoms with Crippen LogP contribution in [0.1, 0.15) is 30.5 Å². The number of hydrogen-bond acceptors (Lipinski definition) is 5. The molecule has 0 aliphatic rings. The van der Waals surface area contributed by atoms with Gasteiger partial charge in [0.25, 0.3) is 11.8 Å². The van der Waals surface area contributed by atoms with Crippen LogP contribution in [0.4, 0.5) is 37.7 Å². The summed E-state index contributed by atoms with van der Waals surface area (Å²) in [6, 6.07) is 21.7. The number of amides is 2. The van der Waals surface area contributed by atoms with Crippen LogP contribution in [0.2, 0.25) is 0 Å². The number of halogens is 6. The lowest BCUT2D eigenvalue weighted by molar-refractivity contribution is -0.138. The summed E-state index contributed by atoms with van der Waals surface area (Å²) in [5.74, 6) is -2.41. The topological polar surface area (TPSA) is 113 Å². The normalized spacial score (nSPS) is 12.0. The van der Waals surface area contributed by atoms with E-state index in [1.165, 1.54) is 33.4 Å². The molecule has 53 heavy (non-hydrogen) atoms. The van der Waals surface area contributed by atoms with E-state index in [1.54, 1.807) is 50.2 Å². The molecule has 0 aliphatic carbocycles. The first kappa shape index (κ1) is 38.5. The van der Waals surface area contributed by atoms with Gasteiger partial charge in [0.15, 0.2) is 0 Å². The molecule has 0 saturated carbocycles. The molecular formula is C37H31F6N5O4S. The Morgan fingerprint density at radius 1 is 0.736 bits per heavy atom. The highest BCUT2D eigenvalue weighted by Crippen LogP contribution is 2.33. The highest BCUT2D eigenvalue weighted by molar-refractivity contribution is 7.89. The van der Waals surface area contributed by atoms with Gasteiger partial charge in [-0.2, -0.15) is 35.7 Å². The van der Waals surface area contributed by atoms with E-state index in [9.17, 15) is 44.3 Å². The Kier molecular flexibility index (Phi) is 11.2. The van der Waals surface area contributed by atoms with Crippen molar-refractivity contribution in [2.75, 3.05) is 23.7 Å². The number of sulfonamides is 1. The lowest BCUT2D eigenvalue weighted by atomic mass is 10.0. The molecule has 5 rings (SSSR count). The maximum Gasteiger partial charge on any atom is 0.416 e. The van der Waals surface area contributed by atoms with E-state index >= 15 is 0 Å². The van der Waals surface area contributed by atoms with Gasteiger partial charge in [-0.3, -0.25) is 9.59 Å². The third-order valence-corrected chi connectivity index (χ3v) is 9.94. The number of anilines is 2. The molecule has 0 spiro atoms. The lowest BCUT2D eigenvalue weighted by Gasteiger charge is -2.18. The van der Waals surface area contributed by atoms with Crippen LogP contribution in [0, 0.1) is 0 Å². The molecule has 0 atom stereocenters. The molecule has 2 amide bonds. The molecule has 0 fully saturated rings. The van der Waals surface area contributed by atoms with Gasteiger partial charge in [0.1, 0.15) is 11.3 Å². The average molecular weight is 756 g/mol. The first-order valence-electron chi connectivity index (χ1n) is 16.0. The summed E-state index contributed by atoms with van der Waals surface area (Å²) >= 11 is 0. The molecule has 0 unspecified atom stereocenters. The third kappa shape index (κ3) is 9.02. The molecule has 0 radical (unpaired) electrons. The number of carbonyl (C=O) groups excluding carboxylic acids is 2. The molecule has 1 aromatic heterocycles. The Morgan fingerprint density at radius 3 is 1.77 bits per heavy atom. The fourth-order valence-electron chi connectivity index (χ4n) is 5.28. The second-order valence-electron chi connectivity index (χ2n) is 11.5. The SMILES string of the molecule is CCN(CC)S(=O)(=O)c1cccc(-c2nn(-c3ccccc3)cc2C=C(C(=O)Nc2cccc(C(F)(F)F)c2)C(=O)Nc2cccc(C(F)(F)F)c2)c1. The van der Waals surface area contributed by atoms with Gasteiger partial charge in [0, 0.05) is 41.8 Å². The molecule has 0 aliphatic heterocycles. The van der Waals surface area contributed by atoms with Crippen molar-refractivity contribution < 1.29 is 44.3 Å². The highest BCUT2D eigenvalue weighted by Gasteiger charge is 2.32. The van der Waals surface area contributed by atoms with E-state index in [0.29, 0.717) is 17.8 Å². The molecule has 1 heterocycles. The molecule has 0 bridgehead atoms. The molecule has 4 aromatic carbocycles. The largest absolute Gasteiger partial charge is 0.416 e. The number of nitrogens with zero attached hydrogens (tertiary/aromatic N) is 3. The number of rotatable bonds is 11. The van der Waals surface area contributed by atoms with Gasteiger partial charge in [-0.1, -0.05) is 56.3 Å². The van der Waals surface area contributed by atoms with Crippen molar-refractivity contribution in [3.63, 3.8) is 0 Å². The number of nitrogens with one attached hydrogen (secondary N) is 2. The van der Waals surface area contributed by atoms with Gasteiger partial charge in [0.05, 0.1) is 21.7 Å². The van der Waals surface area contributed by atoms with Crippen molar-refractivity contribution in [1.29, 1.82) is 0 Å². The summed E-state index contributed by atoms with van der Waals surface area (Å²) in [6.45, 7) is 3.77. The molecule has 0 saturated heterocycles. The third-order valence-electron chi connectivity index (χ3n) is 7.90. The monoisotopic (exact) mass is 755 g/mol. The Balaban J connectivity index is 1.67. The molecule has 5 aromatic rings. The van der Waals surface area contributed by atoms with Crippen molar-refractivity contribution in [1.82, 2.24) is 14.1 Å². The minimum atomic E-state index is -4.76. The zero-order valence-electron chi connectivity index (χ0n) is 28.0. The second-order valence-corrected chi connectivity index (χ2v) is 13.4. The first-order valence-corrected chi connectivity index (χ1v) is 17.4. The molecule has 276 valence electrons. The number of alkyl halides is 6. The van der Waals surface area contributed by atoms with Crippen LogP contribution in [0.5, 0.6) is 0 Å². The van der Waals surface area contributed by atoms with E-state index in [4.69, 9.17) is 0 Å². The van der Waals surface area contributed by atoms with Crippen LogP contribution in [0.3, 0.4) is 0 Å². The standard InChI is InChI=1S/C37H31F6N5O4S/c1-3-47(4-2)53(51,52)31-18-8-11-24(19-31)33-25(23-48(46-33)30-16-6-5-7-17-30)20-32(34(49)44-28-14-9-12-26(21-28)36(38,39)40)35(50)45-29-15-10-13-27(22-29)37(41,42)43/h5-23H,3-4H2,1-2H3,(H,44,49)(H,45,50). The van der Waals surface area contributed by atoms with Crippen molar-refractivity contribution in [2.24, 2.45) is 0 Å². The van der Waals surface area contributed by atoms with Crippen LogP contribution < -0.4 is 10.6 Å². The van der Waals surface area contributed by atoms with Gasteiger partial charge >= 0.3 is 12.4 Å². The zero-order chi connectivity index (χ0) is 38.6. The molecular weight excluding hydrogens is 724 g/mol. The van der Waals surface area contributed by atoms with Crippen molar-refractivity contribution in [2.45, 2.75) is 31.1 Å². The van der Waals surface area contributed by atoms with E-state index in [-0.39, 0.29) is 46.2 Å². The fourth-order valence-corrected chi connectivity index (χ4v) is 6.78. The predicted octanol–water partition coefficient (Wildman–Crippen LogP) is 8.27. The van der Waals surface area contributed by atoms with Crippen LogP contribution >= 0.6 is 0 Å². The predicted molar refractivity (Wildman–Crippen MR) is 187 cm³/mol. The average Bonchev–Trinajstić information content (AvgIpc) is 3.55. The summed E-state index contributed by atoms with van der Waals surface area (Å²) in [7, 11) is -3.94. The van der Waals surface area contributed by atoms with E-state index in [0.717, 1.165) is 42.5 Å². The lowest BCUT2D eigenvalue weighted by Crippen LogP contribution is -2.30. The van der Waals surface area contributed by atoms with Crippen LogP contribution in [-0.4, -0.2) is 47.4 Å². The van der Waals surface area contributed by atoms with Crippen LogP contribution in [0.15, 0.2) is 120 Å². The smallest absolute Gasteiger partial charge is 0.322 e. The quantitative estimate of drug-likeness (QED) is 0.0610. The number of aromatic nitrogens is 2. The minimum absolute atomic E-state index is 0.0623. The number of benzene rings is 4. The summed E-state index contributed by atoms with van der Waals surface area (Å²) in [6.07, 6.45) is -7.01. The van der Waals surface area contributed by atoms with Gasteiger partial charge in [-0.05, 0) is 66.7 Å². The van der Waals surface area contributed by atoms with E-state index in [2.05, 4.69) is 15.7 Å². The first-order chi connectivity index (χ1) is 25.0. The summed E-state index contributed by atoms with van der Waals surface area (Å²) in [5, 5.41) is 9.16. The summed E-state index contributed by atoms with van der Waals surface area (Å²) in [5.41, 5.74) is -2.56. The summed E-state index contributed by atoms with van der Waals surface area (Å²) < 4.78 is 110. The highest BCUT2D eigenvalue weighted by atomic mass is 32.2. The number of carbonyl (C=O) groups is 2. The Hall–Kier alpha value is -5.74. The van der Waals surface area contributed by atoms with Crippen molar-refractivity contribution in [3.05, 3.63) is 132 Å².